The lowest BCUT2D eigenvalue weighted by molar-refractivity contribution is 0.458. The largest absolute Gasteiger partial charge is 0.309 e. The van der Waals surface area contributed by atoms with E-state index in [-0.39, 0.29) is 0 Å². The molecule has 1 N–H and O–H groups in total. The van der Waals surface area contributed by atoms with Crippen molar-refractivity contribution in [2.75, 3.05) is 6.54 Å². The van der Waals surface area contributed by atoms with E-state index >= 15 is 0 Å². The molecule has 108 valence electrons. The molecule has 3 nitrogen and oxygen atoms in total. The molecule has 3 heteroatoms. The minimum atomic E-state index is 0.370. The van der Waals surface area contributed by atoms with Crippen LogP contribution in [0.1, 0.15) is 76.2 Å². The molecule has 0 amide bonds. The van der Waals surface area contributed by atoms with Gasteiger partial charge < -0.3 is 5.32 Å². The molecule has 1 atom stereocenters. The van der Waals surface area contributed by atoms with Crippen LogP contribution in [0.5, 0.6) is 0 Å². The fraction of sp³-hybridized carbons (Fsp3) is 0.750. The third-order valence-electron chi connectivity index (χ3n) is 3.40. The molecule has 0 bridgehead atoms. The summed E-state index contributed by atoms with van der Waals surface area (Å²) in [7, 11) is 0. The van der Waals surface area contributed by atoms with Gasteiger partial charge in [0.25, 0.3) is 0 Å². The van der Waals surface area contributed by atoms with Crippen molar-refractivity contribution in [1.29, 1.82) is 0 Å². The van der Waals surface area contributed by atoms with E-state index in [9.17, 15) is 0 Å². The topological polar surface area (TPSA) is 37.8 Å². The Balaban J connectivity index is 2.44. The SMILES string of the molecule is CCCCCCCC(NCCC)c1cnc(C)cn1. The standard InChI is InChI=1S/C16H29N3/c1-4-6-7-8-9-10-15(17-11-5-2)16-13-18-14(3)12-19-16/h12-13,15,17H,4-11H2,1-3H3. The number of nitrogens with zero attached hydrogens (tertiary/aromatic N) is 2. The van der Waals surface area contributed by atoms with Gasteiger partial charge in [-0.3, -0.25) is 9.97 Å². The number of hydrogen-bond donors (Lipinski definition) is 1. The van der Waals surface area contributed by atoms with Crippen molar-refractivity contribution < 1.29 is 0 Å². The van der Waals surface area contributed by atoms with Gasteiger partial charge >= 0.3 is 0 Å². The molecule has 1 unspecified atom stereocenters. The summed E-state index contributed by atoms with van der Waals surface area (Å²) in [5, 5.41) is 3.59. The molecule has 0 aliphatic rings. The Bertz CT molecular complexity index is 321. The van der Waals surface area contributed by atoms with E-state index in [1.807, 2.05) is 19.3 Å². The lowest BCUT2D eigenvalue weighted by Crippen LogP contribution is -2.23. The number of aryl methyl sites for hydroxylation is 1. The lowest BCUT2D eigenvalue weighted by Gasteiger charge is -2.17. The van der Waals surface area contributed by atoms with Gasteiger partial charge in [-0.1, -0.05) is 46.0 Å². The van der Waals surface area contributed by atoms with Gasteiger partial charge in [0.05, 0.1) is 23.6 Å². The van der Waals surface area contributed by atoms with Gasteiger partial charge in [-0.15, -0.1) is 0 Å². The van der Waals surface area contributed by atoms with Crippen LogP contribution in [0.15, 0.2) is 12.4 Å². The minimum Gasteiger partial charge on any atom is -0.309 e. The summed E-state index contributed by atoms with van der Waals surface area (Å²) in [6, 6.07) is 0.370. The Morgan fingerprint density at radius 3 is 2.42 bits per heavy atom. The van der Waals surface area contributed by atoms with Crippen molar-refractivity contribution in [1.82, 2.24) is 15.3 Å². The quantitative estimate of drug-likeness (QED) is 0.643. The molecule has 0 fully saturated rings. The third kappa shape index (κ3) is 6.67. The fourth-order valence-corrected chi connectivity index (χ4v) is 2.21. The first kappa shape index (κ1) is 16.1. The Hall–Kier alpha value is -0.960. The maximum Gasteiger partial charge on any atom is 0.0756 e. The van der Waals surface area contributed by atoms with Crippen molar-refractivity contribution in [3.8, 4) is 0 Å². The molecular formula is C16H29N3. The lowest BCUT2D eigenvalue weighted by atomic mass is 10.0. The molecule has 0 aliphatic carbocycles. The zero-order valence-electron chi connectivity index (χ0n) is 12.8. The Kier molecular flexibility index (Phi) is 8.39. The maximum atomic E-state index is 4.52. The molecule has 0 aliphatic heterocycles. The summed E-state index contributed by atoms with van der Waals surface area (Å²) in [4.78, 5) is 8.88. The fourth-order valence-electron chi connectivity index (χ4n) is 2.21. The second-order valence-corrected chi connectivity index (χ2v) is 5.29. The Morgan fingerprint density at radius 1 is 1.00 bits per heavy atom. The van der Waals surface area contributed by atoms with Gasteiger partial charge in [0.15, 0.2) is 0 Å². The molecular weight excluding hydrogens is 234 g/mol. The highest BCUT2D eigenvalue weighted by atomic mass is 14.9. The van der Waals surface area contributed by atoms with Crippen LogP contribution < -0.4 is 5.32 Å². The van der Waals surface area contributed by atoms with E-state index in [1.54, 1.807) is 0 Å². The monoisotopic (exact) mass is 263 g/mol. The molecule has 0 saturated carbocycles. The van der Waals surface area contributed by atoms with Crippen molar-refractivity contribution >= 4 is 0 Å². The van der Waals surface area contributed by atoms with E-state index in [4.69, 9.17) is 0 Å². The number of rotatable bonds is 10. The van der Waals surface area contributed by atoms with Gasteiger partial charge in [-0.25, -0.2) is 0 Å². The number of nitrogens with one attached hydrogen (secondary N) is 1. The Labute approximate surface area is 118 Å². The molecule has 1 aromatic rings. The van der Waals surface area contributed by atoms with Crippen LogP contribution in [0, 0.1) is 6.92 Å². The van der Waals surface area contributed by atoms with Gasteiger partial charge in [0, 0.05) is 6.20 Å². The summed E-state index contributed by atoms with van der Waals surface area (Å²) >= 11 is 0. The van der Waals surface area contributed by atoms with Crippen LogP contribution in [-0.4, -0.2) is 16.5 Å². The molecule has 1 heterocycles. The maximum absolute atomic E-state index is 4.52. The summed E-state index contributed by atoms with van der Waals surface area (Å²) in [5.41, 5.74) is 2.08. The van der Waals surface area contributed by atoms with Gasteiger partial charge in [0.1, 0.15) is 0 Å². The van der Waals surface area contributed by atoms with E-state index in [2.05, 4.69) is 29.1 Å². The van der Waals surface area contributed by atoms with Crippen LogP contribution in [0.3, 0.4) is 0 Å². The van der Waals surface area contributed by atoms with Crippen molar-refractivity contribution in [3.63, 3.8) is 0 Å². The minimum absolute atomic E-state index is 0.370. The third-order valence-corrected chi connectivity index (χ3v) is 3.40. The van der Waals surface area contributed by atoms with Crippen LogP contribution >= 0.6 is 0 Å². The highest BCUT2D eigenvalue weighted by molar-refractivity contribution is 5.05. The molecule has 0 saturated heterocycles. The van der Waals surface area contributed by atoms with Crippen molar-refractivity contribution in [3.05, 3.63) is 23.8 Å². The summed E-state index contributed by atoms with van der Waals surface area (Å²) < 4.78 is 0. The smallest absolute Gasteiger partial charge is 0.0756 e. The normalized spacial score (nSPS) is 12.6. The van der Waals surface area contributed by atoms with E-state index < -0.39 is 0 Å². The second-order valence-electron chi connectivity index (χ2n) is 5.29. The molecule has 0 spiro atoms. The van der Waals surface area contributed by atoms with Crippen LogP contribution in [0.2, 0.25) is 0 Å². The highest BCUT2D eigenvalue weighted by Crippen LogP contribution is 2.18. The van der Waals surface area contributed by atoms with E-state index in [1.165, 1.54) is 38.5 Å². The number of unbranched alkanes of at least 4 members (excludes halogenated alkanes) is 4. The zero-order valence-corrected chi connectivity index (χ0v) is 12.8. The van der Waals surface area contributed by atoms with Crippen molar-refractivity contribution in [2.24, 2.45) is 0 Å². The zero-order chi connectivity index (χ0) is 13.9. The first-order valence-electron chi connectivity index (χ1n) is 7.79. The van der Waals surface area contributed by atoms with Crippen LogP contribution in [0.4, 0.5) is 0 Å². The summed E-state index contributed by atoms with van der Waals surface area (Å²) in [6.45, 7) is 7.49. The Morgan fingerprint density at radius 2 is 1.79 bits per heavy atom. The summed E-state index contributed by atoms with van der Waals surface area (Å²) in [5.74, 6) is 0. The average molecular weight is 263 g/mol. The molecule has 19 heavy (non-hydrogen) atoms. The first-order chi connectivity index (χ1) is 9.27. The first-order valence-corrected chi connectivity index (χ1v) is 7.79. The predicted octanol–water partition coefficient (Wildman–Crippen LogP) is 4.19. The second kappa shape index (κ2) is 9.90. The highest BCUT2D eigenvalue weighted by Gasteiger charge is 2.11. The van der Waals surface area contributed by atoms with Gasteiger partial charge in [0.2, 0.25) is 0 Å². The van der Waals surface area contributed by atoms with E-state index in [0.717, 1.165) is 24.4 Å². The van der Waals surface area contributed by atoms with Gasteiger partial charge in [-0.05, 0) is 26.3 Å². The predicted molar refractivity (Wildman–Crippen MR) is 81.2 cm³/mol. The molecule has 0 aromatic carbocycles. The average Bonchev–Trinajstić information content (AvgIpc) is 2.43. The van der Waals surface area contributed by atoms with Crippen molar-refractivity contribution in [2.45, 2.75) is 71.8 Å². The molecule has 1 rings (SSSR count). The number of hydrogen-bond acceptors (Lipinski definition) is 3. The number of aromatic nitrogens is 2. The van der Waals surface area contributed by atoms with Gasteiger partial charge in [-0.2, -0.15) is 0 Å². The molecule has 0 radical (unpaired) electrons. The summed E-state index contributed by atoms with van der Waals surface area (Å²) in [6.07, 6.45) is 12.7. The van der Waals surface area contributed by atoms with E-state index in [0.29, 0.717) is 6.04 Å². The van der Waals surface area contributed by atoms with Crippen LogP contribution in [-0.2, 0) is 0 Å². The van der Waals surface area contributed by atoms with Crippen LogP contribution in [0.25, 0.3) is 0 Å². The molecule has 1 aromatic heterocycles.